The van der Waals surface area contributed by atoms with E-state index in [1.807, 2.05) is 70.2 Å². The van der Waals surface area contributed by atoms with Crippen molar-refractivity contribution in [3.63, 3.8) is 0 Å². The topological polar surface area (TPSA) is 86.8 Å². The predicted molar refractivity (Wildman–Crippen MR) is 176 cm³/mol. The molecule has 0 unspecified atom stereocenters. The summed E-state index contributed by atoms with van der Waals surface area (Å²) in [6.45, 7) is 8.56. The van der Waals surface area contributed by atoms with E-state index in [0.717, 1.165) is 22.3 Å². The minimum atomic E-state index is -3.60. The molecular weight excluding hydrogens is 605 g/mol. The van der Waals surface area contributed by atoms with Crippen molar-refractivity contribution in [1.29, 1.82) is 0 Å². The van der Waals surface area contributed by atoms with Crippen LogP contribution in [-0.2, 0) is 32.6 Å². The van der Waals surface area contributed by atoms with Crippen LogP contribution in [0.3, 0.4) is 0 Å². The number of nitrogens with one attached hydrogen (secondary N) is 1. The molecule has 3 rings (SSSR count). The van der Waals surface area contributed by atoms with Gasteiger partial charge in [-0.3, -0.25) is 13.9 Å². The van der Waals surface area contributed by atoms with Crippen molar-refractivity contribution in [3.8, 4) is 0 Å². The molecule has 0 aromatic heterocycles. The van der Waals surface area contributed by atoms with Gasteiger partial charge in [0.2, 0.25) is 21.8 Å². The smallest absolute Gasteiger partial charge is 0.243 e. The van der Waals surface area contributed by atoms with Gasteiger partial charge in [0.05, 0.1) is 22.0 Å². The highest BCUT2D eigenvalue weighted by Gasteiger charge is 2.31. The molecule has 10 heteroatoms. The van der Waals surface area contributed by atoms with E-state index in [4.69, 9.17) is 23.2 Å². The fourth-order valence-corrected chi connectivity index (χ4v) is 6.14. The lowest BCUT2D eigenvalue weighted by atomic mass is 10.0. The summed E-state index contributed by atoms with van der Waals surface area (Å²) in [5.41, 5.74) is 4.08. The SMILES string of the molecule is Cc1cccc(N(CCCC(=O)N(Cc2ccc(Cl)c(Cl)c2)[C@@H](Cc2ccccc2)C(=O)NCC(C)C)S(C)(=O)=O)c1C. The predicted octanol–water partition coefficient (Wildman–Crippen LogP) is 6.57. The Hall–Kier alpha value is -3.07. The van der Waals surface area contributed by atoms with Crippen LogP contribution in [0.1, 0.15) is 48.9 Å². The van der Waals surface area contributed by atoms with Crippen LogP contribution in [0.15, 0.2) is 66.7 Å². The third kappa shape index (κ3) is 9.98. The molecule has 1 N–H and O–H groups in total. The van der Waals surface area contributed by atoms with Crippen LogP contribution in [0, 0.1) is 19.8 Å². The summed E-state index contributed by atoms with van der Waals surface area (Å²) >= 11 is 12.4. The summed E-state index contributed by atoms with van der Waals surface area (Å²) in [7, 11) is -3.60. The van der Waals surface area contributed by atoms with E-state index < -0.39 is 16.1 Å². The minimum absolute atomic E-state index is 0.0426. The van der Waals surface area contributed by atoms with Crippen LogP contribution in [-0.4, -0.2) is 50.5 Å². The fourth-order valence-electron chi connectivity index (χ4n) is 4.80. The Morgan fingerprint density at radius 3 is 2.23 bits per heavy atom. The van der Waals surface area contributed by atoms with Gasteiger partial charge in [-0.2, -0.15) is 0 Å². The maximum Gasteiger partial charge on any atom is 0.243 e. The number of benzene rings is 3. The van der Waals surface area contributed by atoms with Gasteiger partial charge in [-0.05, 0) is 66.6 Å². The van der Waals surface area contributed by atoms with Crippen molar-refractivity contribution in [2.75, 3.05) is 23.7 Å². The van der Waals surface area contributed by atoms with Crippen LogP contribution >= 0.6 is 23.2 Å². The zero-order valence-electron chi connectivity index (χ0n) is 25.4. The third-order valence-electron chi connectivity index (χ3n) is 7.29. The molecule has 0 heterocycles. The largest absolute Gasteiger partial charge is 0.354 e. The highest BCUT2D eigenvalue weighted by Crippen LogP contribution is 2.27. The first kappa shape index (κ1) is 34.4. The number of rotatable bonds is 14. The summed E-state index contributed by atoms with van der Waals surface area (Å²) in [5.74, 6) is -0.284. The normalized spacial score (nSPS) is 12.2. The first-order valence-corrected chi connectivity index (χ1v) is 17.0. The molecular formula is C33H41Cl2N3O4S. The lowest BCUT2D eigenvalue weighted by Crippen LogP contribution is -2.51. The zero-order chi connectivity index (χ0) is 31.7. The number of carbonyl (C=O) groups excluding carboxylic acids is 2. The first-order valence-electron chi connectivity index (χ1n) is 14.4. The summed E-state index contributed by atoms with van der Waals surface area (Å²) in [6, 6.07) is 19.4. The Balaban J connectivity index is 1.92. The van der Waals surface area contributed by atoms with Gasteiger partial charge in [0.25, 0.3) is 0 Å². The molecule has 0 fully saturated rings. The molecule has 0 aliphatic rings. The van der Waals surface area contributed by atoms with E-state index in [1.54, 1.807) is 29.2 Å². The molecule has 0 aliphatic heterocycles. The molecule has 0 saturated heterocycles. The number of amides is 2. The Morgan fingerprint density at radius 2 is 1.60 bits per heavy atom. The Labute approximate surface area is 266 Å². The fraction of sp³-hybridized carbons (Fsp3) is 0.394. The van der Waals surface area contributed by atoms with E-state index in [1.165, 1.54) is 10.6 Å². The van der Waals surface area contributed by atoms with Crippen LogP contribution < -0.4 is 9.62 Å². The monoisotopic (exact) mass is 645 g/mol. The third-order valence-corrected chi connectivity index (χ3v) is 9.21. The molecule has 0 saturated carbocycles. The van der Waals surface area contributed by atoms with Crippen molar-refractivity contribution in [2.24, 2.45) is 5.92 Å². The number of aryl methyl sites for hydroxylation is 1. The first-order chi connectivity index (χ1) is 20.3. The van der Waals surface area contributed by atoms with E-state index in [9.17, 15) is 18.0 Å². The van der Waals surface area contributed by atoms with E-state index >= 15 is 0 Å². The van der Waals surface area contributed by atoms with E-state index in [2.05, 4.69) is 5.32 Å². The maximum absolute atomic E-state index is 14.0. The Kier molecular flexibility index (Phi) is 12.5. The molecule has 232 valence electrons. The molecule has 0 spiro atoms. The van der Waals surface area contributed by atoms with Gasteiger partial charge in [0.1, 0.15) is 6.04 Å². The summed E-state index contributed by atoms with van der Waals surface area (Å²) < 4.78 is 26.9. The van der Waals surface area contributed by atoms with Crippen LogP contribution in [0.2, 0.25) is 10.0 Å². The molecule has 7 nitrogen and oxygen atoms in total. The number of hydrogen-bond donors (Lipinski definition) is 1. The van der Waals surface area contributed by atoms with Crippen molar-refractivity contribution >= 4 is 50.7 Å². The van der Waals surface area contributed by atoms with Crippen molar-refractivity contribution in [2.45, 2.75) is 59.5 Å². The Morgan fingerprint density at radius 1 is 0.907 bits per heavy atom. The second kappa shape index (κ2) is 15.6. The number of sulfonamides is 1. The number of carbonyl (C=O) groups is 2. The number of hydrogen-bond acceptors (Lipinski definition) is 4. The molecule has 2 amide bonds. The molecule has 43 heavy (non-hydrogen) atoms. The second-order valence-corrected chi connectivity index (χ2v) is 14.0. The number of halogens is 2. The number of nitrogens with zero attached hydrogens (tertiary/aromatic N) is 2. The second-order valence-electron chi connectivity index (χ2n) is 11.3. The molecule has 0 aliphatic carbocycles. The van der Waals surface area contributed by atoms with Gasteiger partial charge in [-0.25, -0.2) is 8.42 Å². The van der Waals surface area contributed by atoms with Crippen LogP contribution in [0.4, 0.5) is 5.69 Å². The summed E-state index contributed by atoms with van der Waals surface area (Å²) in [6.07, 6.45) is 1.79. The molecule has 3 aromatic carbocycles. The van der Waals surface area contributed by atoms with Gasteiger partial charge < -0.3 is 10.2 Å². The zero-order valence-corrected chi connectivity index (χ0v) is 27.8. The molecule has 0 radical (unpaired) electrons. The van der Waals surface area contributed by atoms with Crippen molar-refractivity contribution < 1.29 is 18.0 Å². The average Bonchev–Trinajstić information content (AvgIpc) is 2.95. The lowest BCUT2D eigenvalue weighted by molar-refractivity contribution is -0.141. The lowest BCUT2D eigenvalue weighted by Gasteiger charge is -2.32. The minimum Gasteiger partial charge on any atom is -0.354 e. The van der Waals surface area contributed by atoms with Crippen LogP contribution in [0.5, 0.6) is 0 Å². The summed E-state index contributed by atoms with van der Waals surface area (Å²) in [5, 5.41) is 3.75. The van der Waals surface area contributed by atoms with Gasteiger partial charge in [0.15, 0.2) is 0 Å². The van der Waals surface area contributed by atoms with Gasteiger partial charge in [-0.15, -0.1) is 0 Å². The standard InChI is InChI=1S/C33H41Cl2N3O4S/c1-23(2)21-36-33(40)31(20-26-12-7-6-8-13-26)37(22-27-16-17-28(34)29(35)19-27)32(39)15-10-18-38(43(5,41)42)30-14-9-11-24(3)25(30)4/h6-9,11-14,16-17,19,23,31H,10,15,18,20-22H2,1-5H3,(H,36,40)/t31-/m0/s1. The highest BCUT2D eigenvalue weighted by atomic mass is 35.5. The highest BCUT2D eigenvalue weighted by molar-refractivity contribution is 7.92. The molecule has 0 bridgehead atoms. The van der Waals surface area contributed by atoms with Crippen molar-refractivity contribution in [1.82, 2.24) is 10.2 Å². The van der Waals surface area contributed by atoms with E-state index in [0.29, 0.717) is 28.7 Å². The quantitative estimate of drug-likeness (QED) is 0.215. The number of anilines is 1. The average molecular weight is 647 g/mol. The van der Waals surface area contributed by atoms with Gasteiger partial charge in [0, 0.05) is 32.5 Å². The van der Waals surface area contributed by atoms with Crippen LogP contribution in [0.25, 0.3) is 0 Å². The molecule has 3 aromatic rings. The van der Waals surface area contributed by atoms with Crippen molar-refractivity contribution in [3.05, 3.63) is 99.0 Å². The van der Waals surface area contributed by atoms with E-state index in [-0.39, 0.29) is 43.7 Å². The molecule has 1 atom stereocenters. The van der Waals surface area contributed by atoms with Gasteiger partial charge >= 0.3 is 0 Å². The maximum atomic E-state index is 14.0. The Bertz CT molecular complexity index is 1510. The van der Waals surface area contributed by atoms with Gasteiger partial charge in [-0.1, -0.05) is 85.6 Å². The summed E-state index contributed by atoms with van der Waals surface area (Å²) in [4.78, 5) is 29.2.